The predicted octanol–water partition coefficient (Wildman–Crippen LogP) is 2.10. The van der Waals surface area contributed by atoms with Gasteiger partial charge < -0.3 is 14.8 Å². The van der Waals surface area contributed by atoms with Crippen LogP contribution in [0.2, 0.25) is 0 Å². The predicted molar refractivity (Wildman–Crippen MR) is 76.6 cm³/mol. The first-order valence-corrected chi connectivity index (χ1v) is 7.21. The molecule has 1 saturated heterocycles. The van der Waals surface area contributed by atoms with E-state index in [0.29, 0.717) is 6.54 Å². The summed E-state index contributed by atoms with van der Waals surface area (Å²) in [5, 5.41) is 3.35. The largest absolute Gasteiger partial charge is 0.434 e. The van der Waals surface area contributed by atoms with Crippen molar-refractivity contribution < 1.29 is 18.3 Å². The number of halogens is 2. The first kappa shape index (κ1) is 16.1. The van der Waals surface area contributed by atoms with Crippen molar-refractivity contribution in [2.75, 3.05) is 32.8 Å². The summed E-state index contributed by atoms with van der Waals surface area (Å²) in [5.41, 5.74) is 0.742. The molecule has 1 unspecified atom stereocenters. The highest BCUT2D eigenvalue weighted by Crippen LogP contribution is 2.20. The van der Waals surface area contributed by atoms with Crippen molar-refractivity contribution in [3.63, 3.8) is 0 Å². The van der Waals surface area contributed by atoms with Gasteiger partial charge in [-0.25, -0.2) is 0 Å². The lowest BCUT2D eigenvalue weighted by Gasteiger charge is -2.29. The lowest BCUT2D eigenvalue weighted by Crippen LogP contribution is -2.44. The number of ether oxygens (including phenoxy) is 2. The van der Waals surface area contributed by atoms with Crippen LogP contribution in [0.15, 0.2) is 24.3 Å². The average Bonchev–Trinajstić information content (AvgIpc) is 2.47. The maximum atomic E-state index is 12.3. The van der Waals surface area contributed by atoms with Crippen LogP contribution in [0, 0.1) is 0 Å². The summed E-state index contributed by atoms with van der Waals surface area (Å²) in [7, 11) is 0. The van der Waals surface area contributed by atoms with Gasteiger partial charge in [-0.2, -0.15) is 8.78 Å². The Balaban J connectivity index is 1.81. The van der Waals surface area contributed by atoms with Crippen LogP contribution in [0.25, 0.3) is 0 Å². The topological polar surface area (TPSA) is 33.7 Å². The van der Waals surface area contributed by atoms with Gasteiger partial charge in [-0.1, -0.05) is 18.2 Å². The summed E-state index contributed by atoms with van der Waals surface area (Å²) in [4.78, 5) is 2.34. The third kappa shape index (κ3) is 5.57. The van der Waals surface area contributed by atoms with Gasteiger partial charge in [-0.05, 0) is 13.0 Å². The SMILES string of the molecule is CC(CN1CCOCC1)NCc1ccccc1OC(F)F. The van der Waals surface area contributed by atoms with Crippen LogP contribution < -0.4 is 10.1 Å². The van der Waals surface area contributed by atoms with Gasteiger partial charge in [0, 0.05) is 37.8 Å². The van der Waals surface area contributed by atoms with Crippen molar-refractivity contribution in [1.29, 1.82) is 0 Å². The van der Waals surface area contributed by atoms with Gasteiger partial charge in [0.05, 0.1) is 13.2 Å². The van der Waals surface area contributed by atoms with Crippen LogP contribution in [0.3, 0.4) is 0 Å². The minimum atomic E-state index is -2.79. The Morgan fingerprint density at radius 3 is 2.71 bits per heavy atom. The van der Waals surface area contributed by atoms with Crippen LogP contribution in [-0.4, -0.2) is 50.4 Å². The number of hydrogen-bond acceptors (Lipinski definition) is 4. The minimum Gasteiger partial charge on any atom is -0.434 e. The molecule has 21 heavy (non-hydrogen) atoms. The van der Waals surface area contributed by atoms with Crippen LogP contribution in [0.5, 0.6) is 5.75 Å². The summed E-state index contributed by atoms with van der Waals surface area (Å²) in [6, 6.07) is 7.14. The molecule has 118 valence electrons. The molecule has 2 rings (SSSR count). The molecule has 1 aliphatic rings. The fraction of sp³-hybridized carbons (Fsp3) is 0.600. The molecule has 0 aromatic heterocycles. The van der Waals surface area contributed by atoms with Gasteiger partial charge in [0.15, 0.2) is 0 Å². The second kappa shape index (κ2) is 8.26. The van der Waals surface area contributed by atoms with Crippen molar-refractivity contribution in [2.45, 2.75) is 26.1 Å². The van der Waals surface area contributed by atoms with E-state index in [4.69, 9.17) is 4.74 Å². The quantitative estimate of drug-likeness (QED) is 0.836. The highest BCUT2D eigenvalue weighted by atomic mass is 19.3. The van der Waals surface area contributed by atoms with Gasteiger partial charge in [0.2, 0.25) is 0 Å². The lowest BCUT2D eigenvalue weighted by atomic mass is 10.2. The lowest BCUT2D eigenvalue weighted by molar-refractivity contribution is -0.0505. The van der Waals surface area contributed by atoms with Gasteiger partial charge in [-0.3, -0.25) is 4.90 Å². The molecule has 4 nitrogen and oxygen atoms in total. The Hall–Kier alpha value is -1.24. The van der Waals surface area contributed by atoms with Gasteiger partial charge in [0.1, 0.15) is 5.75 Å². The molecule has 0 radical (unpaired) electrons. The number of rotatable bonds is 7. The van der Waals surface area contributed by atoms with E-state index < -0.39 is 6.61 Å². The number of hydrogen-bond donors (Lipinski definition) is 1. The molecule has 6 heteroatoms. The van der Waals surface area contributed by atoms with Crippen molar-refractivity contribution >= 4 is 0 Å². The summed E-state index contributed by atoms with van der Waals surface area (Å²) >= 11 is 0. The summed E-state index contributed by atoms with van der Waals surface area (Å²) in [6.45, 7) is 4.16. The first-order valence-electron chi connectivity index (χ1n) is 7.21. The Bertz CT molecular complexity index is 426. The minimum absolute atomic E-state index is 0.235. The van der Waals surface area contributed by atoms with Gasteiger partial charge in [0.25, 0.3) is 0 Å². The summed E-state index contributed by atoms with van der Waals surface area (Å²) < 4.78 is 34.5. The summed E-state index contributed by atoms with van der Waals surface area (Å²) in [6.07, 6.45) is 0. The van der Waals surface area contributed by atoms with Crippen molar-refractivity contribution in [2.24, 2.45) is 0 Å². The molecule has 1 aliphatic heterocycles. The number of morpholine rings is 1. The van der Waals surface area contributed by atoms with Gasteiger partial charge in [-0.15, -0.1) is 0 Å². The van der Waals surface area contributed by atoms with E-state index in [1.807, 2.05) is 6.07 Å². The average molecular weight is 300 g/mol. The van der Waals surface area contributed by atoms with Crippen LogP contribution in [0.1, 0.15) is 12.5 Å². The molecule has 1 N–H and O–H groups in total. The number of benzene rings is 1. The molecule has 1 aromatic rings. The molecule has 1 aromatic carbocycles. The number of nitrogens with zero attached hydrogens (tertiary/aromatic N) is 1. The van der Waals surface area contributed by atoms with E-state index in [1.165, 1.54) is 0 Å². The fourth-order valence-electron chi connectivity index (χ4n) is 2.38. The maximum absolute atomic E-state index is 12.3. The van der Waals surface area contributed by atoms with E-state index in [9.17, 15) is 8.78 Å². The molecular weight excluding hydrogens is 278 g/mol. The molecule has 0 amide bonds. The fourth-order valence-corrected chi connectivity index (χ4v) is 2.38. The molecule has 1 heterocycles. The Labute approximate surface area is 124 Å². The van der Waals surface area contributed by atoms with Crippen LogP contribution in [-0.2, 0) is 11.3 Å². The Morgan fingerprint density at radius 1 is 1.29 bits per heavy atom. The highest BCUT2D eigenvalue weighted by molar-refractivity contribution is 5.33. The van der Waals surface area contributed by atoms with Crippen LogP contribution in [0.4, 0.5) is 8.78 Å². The summed E-state index contributed by atoms with van der Waals surface area (Å²) in [5.74, 6) is 0.235. The van der Waals surface area contributed by atoms with E-state index >= 15 is 0 Å². The zero-order valence-corrected chi connectivity index (χ0v) is 12.2. The van der Waals surface area contributed by atoms with E-state index in [0.717, 1.165) is 38.4 Å². The Kier molecular flexibility index (Phi) is 6.35. The molecule has 1 fully saturated rings. The smallest absolute Gasteiger partial charge is 0.387 e. The first-order chi connectivity index (χ1) is 10.1. The maximum Gasteiger partial charge on any atom is 0.387 e. The zero-order chi connectivity index (χ0) is 15.1. The number of nitrogens with one attached hydrogen (secondary N) is 1. The third-order valence-electron chi connectivity index (χ3n) is 3.47. The van der Waals surface area contributed by atoms with Crippen molar-refractivity contribution in [3.05, 3.63) is 29.8 Å². The molecule has 0 saturated carbocycles. The van der Waals surface area contributed by atoms with E-state index in [1.54, 1.807) is 18.2 Å². The normalized spacial score (nSPS) is 17.9. The Morgan fingerprint density at radius 2 is 2.00 bits per heavy atom. The molecule has 0 aliphatic carbocycles. The number of alkyl halides is 2. The molecule has 0 spiro atoms. The number of para-hydroxylation sites is 1. The van der Waals surface area contributed by atoms with Crippen molar-refractivity contribution in [1.82, 2.24) is 10.2 Å². The van der Waals surface area contributed by atoms with E-state index in [2.05, 4.69) is 21.9 Å². The molecule has 0 bridgehead atoms. The second-order valence-corrected chi connectivity index (χ2v) is 5.18. The monoisotopic (exact) mass is 300 g/mol. The van der Waals surface area contributed by atoms with E-state index in [-0.39, 0.29) is 11.8 Å². The third-order valence-corrected chi connectivity index (χ3v) is 3.47. The second-order valence-electron chi connectivity index (χ2n) is 5.18. The van der Waals surface area contributed by atoms with Gasteiger partial charge >= 0.3 is 6.61 Å². The zero-order valence-electron chi connectivity index (χ0n) is 12.2. The molecule has 1 atom stereocenters. The van der Waals surface area contributed by atoms with Crippen molar-refractivity contribution in [3.8, 4) is 5.75 Å². The standard InChI is InChI=1S/C15H22F2N2O2/c1-12(11-19-6-8-20-9-7-19)18-10-13-4-2-3-5-14(13)21-15(16)17/h2-5,12,15,18H,6-11H2,1H3. The van der Waals surface area contributed by atoms with Crippen LogP contribution >= 0.6 is 0 Å². The molecular formula is C15H22F2N2O2. The highest BCUT2D eigenvalue weighted by Gasteiger charge is 2.14.